The van der Waals surface area contributed by atoms with Gasteiger partial charge in [0.2, 0.25) is 0 Å². The highest BCUT2D eigenvalue weighted by Gasteiger charge is 2.18. The van der Waals surface area contributed by atoms with E-state index >= 15 is 0 Å². The van der Waals surface area contributed by atoms with Crippen molar-refractivity contribution in [3.8, 4) is 17.2 Å². The minimum absolute atomic E-state index is 0.672. The van der Waals surface area contributed by atoms with Gasteiger partial charge in [0.15, 0.2) is 11.5 Å². The van der Waals surface area contributed by atoms with E-state index in [2.05, 4.69) is 18.2 Å². The summed E-state index contributed by atoms with van der Waals surface area (Å²) in [7, 11) is 5.44. The molecule has 1 unspecified atom stereocenters. The highest BCUT2D eigenvalue weighted by atomic mass is 35.5. The van der Waals surface area contributed by atoms with Crippen LogP contribution < -0.4 is 14.4 Å². The van der Waals surface area contributed by atoms with E-state index in [1.54, 1.807) is 18.9 Å². The Morgan fingerprint density at radius 3 is 2.37 bits per heavy atom. The summed E-state index contributed by atoms with van der Waals surface area (Å²) in [6.45, 7) is 3.63. The minimum Gasteiger partial charge on any atom is -0.493 e. The molecule has 1 atom stereocenters. The van der Waals surface area contributed by atoms with Crippen LogP contribution in [0.4, 0.5) is 0 Å². The molecule has 0 aliphatic carbocycles. The molecule has 0 bridgehead atoms. The number of halogens is 1. The van der Waals surface area contributed by atoms with Crippen LogP contribution in [-0.4, -0.2) is 31.0 Å². The Bertz CT molecular complexity index is 909. The standard InChI is InChI=1S/C21H24ClN3O2/c1-15-18(21(22)25(23-15)17-8-6-5-7-9-17)14-24(2)13-16-10-11-19(26-3)20(12-16)27-4/h5-12H,13-14H2,1-4H3/p+1. The highest BCUT2D eigenvalue weighted by Crippen LogP contribution is 2.27. The lowest BCUT2D eigenvalue weighted by Crippen LogP contribution is -3.06. The van der Waals surface area contributed by atoms with Crippen molar-refractivity contribution in [2.75, 3.05) is 21.3 Å². The predicted molar refractivity (Wildman–Crippen MR) is 107 cm³/mol. The molecular formula is C21H25ClN3O2+. The van der Waals surface area contributed by atoms with E-state index in [0.717, 1.165) is 41.5 Å². The monoisotopic (exact) mass is 386 g/mol. The van der Waals surface area contributed by atoms with Crippen LogP contribution in [0.15, 0.2) is 48.5 Å². The van der Waals surface area contributed by atoms with Crippen LogP contribution in [-0.2, 0) is 13.1 Å². The fourth-order valence-corrected chi connectivity index (χ4v) is 3.51. The van der Waals surface area contributed by atoms with Crippen LogP contribution in [0, 0.1) is 6.92 Å². The Labute approximate surface area is 165 Å². The SMILES string of the molecule is COc1ccc(C[NH+](C)Cc2c(C)nn(-c3ccccc3)c2Cl)cc1OC. The first-order valence-corrected chi connectivity index (χ1v) is 9.23. The van der Waals surface area contributed by atoms with Gasteiger partial charge in [-0.3, -0.25) is 0 Å². The van der Waals surface area contributed by atoms with Gasteiger partial charge in [-0.15, -0.1) is 0 Å². The molecule has 1 N–H and O–H groups in total. The first-order valence-electron chi connectivity index (χ1n) is 8.85. The maximum Gasteiger partial charge on any atom is 0.161 e. The number of aromatic nitrogens is 2. The zero-order valence-corrected chi connectivity index (χ0v) is 16.9. The molecule has 142 valence electrons. The predicted octanol–water partition coefficient (Wildman–Crippen LogP) is 3.07. The summed E-state index contributed by atoms with van der Waals surface area (Å²) in [5.41, 5.74) is 4.16. The van der Waals surface area contributed by atoms with Gasteiger partial charge < -0.3 is 14.4 Å². The number of hydrogen-bond acceptors (Lipinski definition) is 3. The maximum atomic E-state index is 6.65. The largest absolute Gasteiger partial charge is 0.493 e. The zero-order chi connectivity index (χ0) is 19.4. The average Bonchev–Trinajstić information content (AvgIpc) is 2.96. The van der Waals surface area contributed by atoms with Gasteiger partial charge in [0.25, 0.3) is 0 Å². The molecule has 27 heavy (non-hydrogen) atoms. The number of nitrogens with zero attached hydrogens (tertiary/aromatic N) is 2. The van der Waals surface area contributed by atoms with Gasteiger partial charge in [0.05, 0.1) is 38.2 Å². The molecule has 6 heteroatoms. The minimum atomic E-state index is 0.672. The summed E-state index contributed by atoms with van der Waals surface area (Å²) in [6, 6.07) is 16.0. The molecular weight excluding hydrogens is 362 g/mol. The molecule has 3 aromatic rings. The summed E-state index contributed by atoms with van der Waals surface area (Å²) in [4.78, 5) is 1.31. The van der Waals surface area contributed by atoms with Crippen molar-refractivity contribution < 1.29 is 14.4 Å². The van der Waals surface area contributed by atoms with Crippen LogP contribution in [0.1, 0.15) is 16.8 Å². The molecule has 0 amide bonds. The number of nitrogens with one attached hydrogen (secondary N) is 1. The van der Waals surface area contributed by atoms with Gasteiger partial charge in [0.1, 0.15) is 18.2 Å². The smallest absolute Gasteiger partial charge is 0.161 e. The van der Waals surface area contributed by atoms with Crippen LogP contribution in [0.3, 0.4) is 0 Å². The second-order valence-corrected chi connectivity index (χ2v) is 6.96. The van der Waals surface area contributed by atoms with Crippen molar-refractivity contribution in [3.05, 3.63) is 70.5 Å². The molecule has 0 saturated carbocycles. The van der Waals surface area contributed by atoms with Gasteiger partial charge in [-0.05, 0) is 37.3 Å². The van der Waals surface area contributed by atoms with Crippen LogP contribution in [0.2, 0.25) is 5.15 Å². The number of rotatable bonds is 7. The molecule has 2 aromatic carbocycles. The summed E-state index contributed by atoms with van der Waals surface area (Å²) >= 11 is 6.65. The Balaban J connectivity index is 1.77. The van der Waals surface area contributed by atoms with Crippen LogP contribution in [0.25, 0.3) is 5.69 Å². The Morgan fingerprint density at radius 1 is 1.00 bits per heavy atom. The van der Waals surface area contributed by atoms with Crippen molar-refractivity contribution in [1.82, 2.24) is 9.78 Å². The fourth-order valence-electron chi connectivity index (χ4n) is 3.18. The quantitative estimate of drug-likeness (QED) is 0.678. The van der Waals surface area contributed by atoms with E-state index in [1.807, 2.05) is 49.4 Å². The molecule has 0 aliphatic rings. The molecule has 5 nitrogen and oxygen atoms in total. The lowest BCUT2D eigenvalue weighted by atomic mass is 10.1. The molecule has 1 aromatic heterocycles. The number of ether oxygens (including phenoxy) is 2. The number of hydrogen-bond donors (Lipinski definition) is 1. The summed E-state index contributed by atoms with van der Waals surface area (Å²) in [6.07, 6.45) is 0. The van der Waals surface area contributed by atoms with Crippen molar-refractivity contribution >= 4 is 11.6 Å². The number of quaternary nitrogens is 1. The van der Waals surface area contributed by atoms with Gasteiger partial charge in [-0.1, -0.05) is 29.8 Å². The summed E-state index contributed by atoms with van der Waals surface area (Å²) < 4.78 is 12.5. The summed E-state index contributed by atoms with van der Waals surface area (Å²) in [5.74, 6) is 1.48. The fraction of sp³-hybridized carbons (Fsp3) is 0.286. The van der Waals surface area contributed by atoms with Crippen molar-refractivity contribution in [3.63, 3.8) is 0 Å². The van der Waals surface area contributed by atoms with Gasteiger partial charge >= 0.3 is 0 Å². The molecule has 0 fully saturated rings. The number of para-hydroxylation sites is 1. The third-order valence-electron chi connectivity index (χ3n) is 4.55. The van der Waals surface area contributed by atoms with Crippen molar-refractivity contribution in [1.29, 1.82) is 0 Å². The van der Waals surface area contributed by atoms with Crippen molar-refractivity contribution in [2.24, 2.45) is 0 Å². The molecule has 3 rings (SSSR count). The third-order valence-corrected chi connectivity index (χ3v) is 4.94. The topological polar surface area (TPSA) is 40.7 Å². The first-order chi connectivity index (χ1) is 13.0. The van der Waals surface area contributed by atoms with E-state index < -0.39 is 0 Å². The molecule has 0 radical (unpaired) electrons. The normalized spacial score (nSPS) is 12.0. The average molecular weight is 387 g/mol. The third kappa shape index (κ3) is 4.26. The second-order valence-electron chi connectivity index (χ2n) is 6.60. The number of methoxy groups -OCH3 is 2. The zero-order valence-electron chi connectivity index (χ0n) is 16.1. The second kappa shape index (κ2) is 8.46. The molecule has 0 spiro atoms. The molecule has 1 heterocycles. The van der Waals surface area contributed by atoms with Crippen LogP contribution >= 0.6 is 11.6 Å². The molecule has 0 saturated heterocycles. The Morgan fingerprint density at radius 2 is 1.70 bits per heavy atom. The Hall–Kier alpha value is -2.50. The van der Waals surface area contributed by atoms with E-state index in [0.29, 0.717) is 5.15 Å². The van der Waals surface area contributed by atoms with E-state index in [4.69, 9.17) is 21.1 Å². The number of aryl methyl sites for hydroxylation is 1. The van der Waals surface area contributed by atoms with Crippen molar-refractivity contribution in [2.45, 2.75) is 20.0 Å². The maximum absolute atomic E-state index is 6.65. The molecule has 0 aliphatic heterocycles. The van der Waals surface area contributed by atoms with E-state index in [9.17, 15) is 0 Å². The van der Waals surface area contributed by atoms with Crippen LogP contribution in [0.5, 0.6) is 11.5 Å². The highest BCUT2D eigenvalue weighted by molar-refractivity contribution is 6.30. The lowest BCUT2D eigenvalue weighted by Gasteiger charge is -2.15. The van der Waals surface area contributed by atoms with E-state index in [-0.39, 0.29) is 0 Å². The van der Waals surface area contributed by atoms with Gasteiger partial charge in [-0.2, -0.15) is 5.10 Å². The van der Waals surface area contributed by atoms with Gasteiger partial charge in [0, 0.05) is 5.56 Å². The Kier molecular flexibility index (Phi) is 6.04. The lowest BCUT2D eigenvalue weighted by molar-refractivity contribution is -0.907. The number of benzene rings is 2. The summed E-state index contributed by atoms with van der Waals surface area (Å²) in [5, 5.41) is 5.30. The van der Waals surface area contributed by atoms with Gasteiger partial charge in [-0.25, -0.2) is 4.68 Å². The van der Waals surface area contributed by atoms with E-state index in [1.165, 1.54) is 10.5 Å². The first kappa shape index (κ1) is 19.3.